The third-order valence-electron chi connectivity index (χ3n) is 2.17. The monoisotopic (exact) mass is 223 g/mol. The van der Waals surface area contributed by atoms with Crippen LogP contribution in [-0.2, 0) is 4.84 Å². The van der Waals surface area contributed by atoms with E-state index >= 15 is 0 Å². The van der Waals surface area contributed by atoms with E-state index in [9.17, 15) is 4.79 Å². The Morgan fingerprint density at radius 2 is 2.00 bits per heavy atom. The second-order valence-corrected chi connectivity index (χ2v) is 4.13. The van der Waals surface area contributed by atoms with Crippen LogP contribution in [0.4, 0.5) is 0 Å². The summed E-state index contributed by atoms with van der Waals surface area (Å²) in [5.41, 5.74) is 2.35. The Bertz CT molecular complexity index is 335. The molecule has 0 saturated heterocycles. The average molecular weight is 223 g/mol. The Balaban J connectivity index is 2.48. The van der Waals surface area contributed by atoms with Crippen LogP contribution in [0.25, 0.3) is 0 Å². The number of hydrogen-bond acceptors (Lipinski definition) is 3. The molecule has 0 radical (unpaired) electrons. The van der Waals surface area contributed by atoms with Crippen LogP contribution in [0.3, 0.4) is 0 Å². The Morgan fingerprint density at radius 3 is 2.56 bits per heavy atom. The van der Waals surface area contributed by atoms with Gasteiger partial charge < -0.3 is 5.11 Å². The topological polar surface area (TPSA) is 58.6 Å². The molecule has 1 aromatic rings. The normalized spacial score (nSPS) is 11.2. The third kappa shape index (κ3) is 4.00. The van der Waals surface area contributed by atoms with Crippen LogP contribution < -0.4 is 5.48 Å². The number of aliphatic hydroxyl groups is 1. The molecular weight excluding hydrogens is 206 g/mol. The lowest BCUT2D eigenvalue weighted by molar-refractivity contribution is -0.0805. The number of hydroxylamine groups is 1. The molecule has 16 heavy (non-hydrogen) atoms. The molecule has 4 heteroatoms. The van der Waals surface area contributed by atoms with Gasteiger partial charge in [-0.1, -0.05) is 18.2 Å². The zero-order valence-electron chi connectivity index (χ0n) is 9.56. The van der Waals surface area contributed by atoms with E-state index in [4.69, 9.17) is 9.94 Å². The van der Waals surface area contributed by atoms with Gasteiger partial charge in [0.25, 0.3) is 5.91 Å². The molecule has 1 rings (SSSR count). The van der Waals surface area contributed by atoms with E-state index in [1.165, 1.54) is 0 Å². The molecule has 0 aliphatic rings. The van der Waals surface area contributed by atoms with Crippen LogP contribution in [0.15, 0.2) is 30.3 Å². The standard InChI is InChI=1S/C12H17NO3/c1-12(2,8-9-14)16-13-11(15)10-6-4-3-5-7-10/h3-7,14H,8-9H2,1-2H3,(H,13,15). The molecule has 88 valence electrons. The first-order valence-electron chi connectivity index (χ1n) is 5.19. The quantitative estimate of drug-likeness (QED) is 0.744. The van der Waals surface area contributed by atoms with Gasteiger partial charge in [0.15, 0.2) is 0 Å². The summed E-state index contributed by atoms with van der Waals surface area (Å²) >= 11 is 0. The van der Waals surface area contributed by atoms with Crippen molar-refractivity contribution in [2.45, 2.75) is 25.9 Å². The highest BCUT2D eigenvalue weighted by Gasteiger charge is 2.19. The summed E-state index contributed by atoms with van der Waals surface area (Å²) in [5, 5.41) is 8.79. The van der Waals surface area contributed by atoms with Gasteiger partial charge in [-0.05, 0) is 26.0 Å². The highest BCUT2D eigenvalue weighted by molar-refractivity contribution is 5.93. The van der Waals surface area contributed by atoms with E-state index in [1.54, 1.807) is 38.1 Å². The zero-order valence-corrected chi connectivity index (χ0v) is 9.56. The number of nitrogens with one attached hydrogen (secondary N) is 1. The molecule has 0 heterocycles. The van der Waals surface area contributed by atoms with Crippen molar-refractivity contribution < 1.29 is 14.7 Å². The molecule has 1 aromatic carbocycles. The summed E-state index contributed by atoms with van der Waals surface area (Å²) < 4.78 is 0. The first kappa shape index (κ1) is 12.7. The third-order valence-corrected chi connectivity index (χ3v) is 2.17. The number of carbonyl (C=O) groups excluding carboxylic acids is 1. The molecule has 0 bridgehead atoms. The van der Waals surface area contributed by atoms with Crippen molar-refractivity contribution in [2.75, 3.05) is 6.61 Å². The van der Waals surface area contributed by atoms with Gasteiger partial charge >= 0.3 is 0 Å². The van der Waals surface area contributed by atoms with E-state index in [0.717, 1.165) is 0 Å². The van der Waals surface area contributed by atoms with E-state index in [-0.39, 0.29) is 12.5 Å². The summed E-state index contributed by atoms with van der Waals surface area (Å²) in [6, 6.07) is 8.82. The van der Waals surface area contributed by atoms with Crippen molar-refractivity contribution in [2.24, 2.45) is 0 Å². The Hall–Kier alpha value is -1.39. The molecular formula is C12H17NO3. The van der Waals surface area contributed by atoms with Crippen molar-refractivity contribution in [1.82, 2.24) is 5.48 Å². The van der Waals surface area contributed by atoms with E-state index < -0.39 is 5.60 Å². The van der Waals surface area contributed by atoms with Crippen LogP contribution in [-0.4, -0.2) is 23.2 Å². The van der Waals surface area contributed by atoms with Gasteiger partial charge in [-0.25, -0.2) is 5.48 Å². The lowest BCUT2D eigenvalue weighted by atomic mass is 10.1. The lowest BCUT2D eigenvalue weighted by Gasteiger charge is -2.23. The predicted octanol–water partition coefficient (Wildman–Crippen LogP) is 1.51. The van der Waals surface area contributed by atoms with Gasteiger partial charge in [-0.15, -0.1) is 0 Å². The fourth-order valence-corrected chi connectivity index (χ4v) is 1.15. The van der Waals surface area contributed by atoms with Crippen LogP contribution in [0.1, 0.15) is 30.6 Å². The number of benzene rings is 1. The van der Waals surface area contributed by atoms with E-state index in [2.05, 4.69) is 5.48 Å². The SMILES string of the molecule is CC(C)(CCO)ONC(=O)c1ccccc1. The number of rotatable bonds is 5. The van der Waals surface area contributed by atoms with Crippen molar-refractivity contribution in [1.29, 1.82) is 0 Å². The summed E-state index contributed by atoms with van der Waals surface area (Å²) in [5.74, 6) is -0.286. The van der Waals surface area contributed by atoms with Crippen LogP contribution in [0, 0.1) is 0 Å². The second-order valence-electron chi connectivity index (χ2n) is 4.13. The summed E-state index contributed by atoms with van der Waals surface area (Å²) in [7, 11) is 0. The fraction of sp³-hybridized carbons (Fsp3) is 0.417. The molecule has 1 amide bonds. The van der Waals surface area contributed by atoms with Gasteiger partial charge in [0.05, 0.1) is 5.60 Å². The van der Waals surface area contributed by atoms with Crippen LogP contribution in [0.5, 0.6) is 0 Å². The first-order valence-corrected chi connectivity index (χ1v) is 5.19. The summed E-state index contributed by atoms with van der Waals surface area (Å²) in [4.78, 5) is 16.8. The molecule has 0 fully saturated rings. The Kier molecular flexibility index (Phi) is 4.46. The first-order chi connectivity index (χ1) is 7.55. The van der Waals surface area contributed by atoms with Gasteiger partial charge in [0.1, 0.15) is 0 Å². The molecule has 0 aliphatic carbocycles. The molecule has 2 N–H and O–H groups in total. The molecule has 0 aliphatic heterocycles. The van der Waals surface area contributed by atoms with Crippen LogP contribution in [0.2, 0.25) is 0 Å². The van der Waals surface area contributed by atoms with Crippen molar-refractivity contribution in [3.05, 3.63) is 35.9 Å². The maximum atomic E-state index is 11.6. The minimum absolute atomic E-state index is 0.0220. The van der Waals surface area contributed by atoms with Crippen LogP contribution >= 0.6 is 0 Å². The van der Waals surface area contributed by atoms with Gasteiger partial charge in [0, 0.05) is 18.6 Å². The predicted molar refractivity (Wildman–Crippen MR) is 60.8 cm³/mol. The van der Waals surface area contributed by atoms with Crippen molar-refractivity contribution in [3.8, 4) is 0 Å². The number of amides is 1. The fourth-order valence-electron chi connectivity index (χ4n) is 1.15. The molecule has 0 aromatic heterocycles. The van der Waals surface area contributed by atoms with Gasteiger partial charge in [-0.2, -0.15) is 0 Å². The zero-order chi connectivity index (χ0) is 12.0. The maximum absolute atomic E-state index is 11.6. The minimum Gasteiger partial charge on any atom is -0.396 e. The number of carbonyl (C=O) groups is 1. The van der Waals surface area contributed by atoms with Gasteiger partial charge in [-0.3, -0.25) is 9.63 Å². The Labute approximate surface area is 95.2 Å². The van der Waals surface area contributed by atoms with E-state index in [0.29, 0.717) is 12.0 Å². The van der Waals surface area contributed by atoms with Crippen molar-refractivity contribution in [3.63, 3.8) is 0 Å². The molecule has 0 spiro atoms. The molecule has 0 atom stereocenters. The minimum atomic E-state index is -0.570. The highest BCUT2D eigenvalue weighted by atomic mass is 16.7. The summed E-state index contributed by atoms with van der Waals surface area (Å²) in [6.07, 6.45) is 0.460. The maximum Gasteiger partial charge on any atom is 0.274 e. The number of aliphatic hydroxyl groups excluding tert-OH is 1. The Morgan fingerprint density at radius 1 is 1.38 bits per heavy atom. The highest BCUT2D eigenvalue weighted by Crippen LogP contribution is 2.12. The van der Waals surface area contributed by atoms with Crippen molar-refractivity contribution >= 4 is 5.91 Å². The van der Waals surface area contributed by atoms with E-state index in [1.807, 2.05) is 6.07 Å². The summed E-state index contributed by atoms with van der Waals surface area (Å²) in [6.45, 7) is 3.62. The average Bonchev–Trinajstić information content (AvgIpc) is 2.27. The van der Waals surface area contributed by atoms with Gasteiger partial charge in [0.2, 0.25) is 0 Å². The molecule has 0 unspecified atom stereocenters. The largest absolute Gasteiger partial charge is 0.396 e. The lowest BCUT2D eigenvalue weighted by Crippen LogP contribution is -2.36. The molecule has 4 nitrogen and oxygen atoms in total. The number of hydrogen-bond donors (Lipinski definition) is 2. The smallest absolute Gasteiger partial charge is 0.274 e. The second kappa shape index (κ2) is 5.63. The molecule has 0 saturated carbocycles.